The monoisotopic (exact) mass is 226 g/mol. The summed E-state index contributed by atoms with van der Waals surface area (Å²) in [6.45, 7) is 0. The Kier molecular flexibility index (Phi) is 4.56. The molecule has 8 heteroatoms. The van der Waals surface area contributed by atoms with Crippen LogP contribution >= 0.6 is 0 Å². The van der Waals surface area contributed by atoms with E-state index >= 15 is 0 Å². The molecule has 0 fully saturated rings. The van der Waals surface area contributed by atoms with Gasteiger partial charge in [-0.25, -0.2) is 8.78 Å². The Bertz CT molecular complexity index is 259. The number of carboxylic acids is 2. The van der Waals surface area contributed by atoms with Crippen molar-refractivity contribution in [3.05, 3.63) is 0 Å². The minimum Gasteiger partial charge on any atom is -0.480 e. The maximum Gasteiger partial charge on any atom is 0.326 e. The average molecular weight is 226 g/mol. The van der Waals surface area contributed by atoms with E-state index in [1.165, 1.54) is 0 Å². The second kappa shape index (κ2) is 4.99. The Morgan fingerprint density at radius 3 is 2.00 bits per heavy atom. The highest BCUT2D eigenvalue weighted by atomic mass is 19.3. The van der Waals surface area contributed by atoms with Crippen LogP contribution in [0.2, 0.25) is 0 Å². The predicted octanol–water partition coefficient (Wildman–Crippen LogP) is -0.774. The van der Waals surface area contributed by atoms with E-state index in [9.17, 15) is 18.4 Å². The van der Waals surface area contributed by atoms with Crippen molar-refractivity contribution in [2.45, 2.75) is 30.8 Å². The smallest absolute Gasteiger partial charge is 0.326 e. The van der Waals surface area contributed by atoms with Gasteiger partial charge in [0.1, 0.15) is 6.04 Å². The van der Waals surface area contributed by atoms with Crippen molar-refractivity contribution in [3.63, 3.8) is 0 Å². The van der Waals surface area contributed by atoms with Crippen LogP contribution in [0.3, 0.4) is 0 Å². The largest absolute Gasteiger partial charge is 0.480 e. The van der Waals surface area contributed by atoms with Gasteiger partial charge in [-0.3, -0.25) is 9.59 Å². The van der Waals surface area contributed by atoms with Gasteiger partial charge in [-0.15, -0.1) is 0 Å². The van der Waals surface area contributed by atoms with Crippen LogP contribution in [0.4, 0.5) is 8.78 Å². The highest BCUT2D eigenvalue weighted by Crippen LogP contribution is 2.24. The van der Waals surface area contributed by atoms with Gasteiger partial charge in [-0.1, -0.05) is 0 Å². The van der Waals surface area contributed by atoms with Crippen molar-refractivity contribution in [1.82, 2.24) is 0 Å². The summed E-state index contributed by atoms with van der Waals surface area (Å²) < 4.78 is 25.9. The third-order valence-corrected chi connectivity index (χ3v) is 1.83. The molecule has 88 valence electrons. The standard InChI is InChI=1S/C7H12F2N2O4/c8-7(9,4(11)6(14)15)2-1-3(10)5(12)13/h3-4H,1-2,10-11H2,(H,12,13)(H,14,15)/t3-,4?/m0/s1. The topological polar surface area (TPSA) is 127 Å². The van der Waals surface area contributed by atoms with Crippen molar-refractivity contribution in [1.29, 1.82) is 0 Å². The van der Waals surface area contributed by atoms with Crippen molar-refractivity contribution in [3.8, 4) is 0 Å². The molecule has 0 aliphatic carbocycles. The maximum atomic E-state index is 12.9. The lowest BCUT2D eigenvalue weighted by atomic mass is 10.0. The summed E-state index contributed by atoms with van der Waals surface area (Å²) in [6, 6.07) is -3.80. The zero-order valence-electron chi connectivity index (χ0n) is 7.69. The molecular weight excluding hydrogens is 214 g/mol. The first-order chi connectivity index (χ1) is 6.68. The second-order valence-corrected chi connectivity index (χ2v) is 3.06. The highest BCUT2D eigenvalue weighted by Gasteiger charge is 2.42. The minimum absolute atomic E-state index is 0.538. The molecule has 0 aromatic heterocycles. The summed E-state index contributed by atoms with van der Waals surface area (Å²) in [6.07, 6.45) is -1.52. The lowest BCUT2D eigenvalue weighted by molar-refractivity contribution is -0.149. The van der Waals surface area contributed by atoms with Crippen LogP contribution in [0, 0.1) is 0 Å². The van der Waals surface area contributed by atoms with Crippen molar-refractivity contribution < 1.29 is 28.6 Å². The molecule has 1 unspecified atom stereocenters. The SMILES string of the molecule is NC(C(=O)O)C(F)(F)CC[C@H](N)C(=O)O. The van der Waals surface area contributed by atoms with Gasteiger partial charge in [-0.2, -0.15) is 0 Å². The number of nitrogens with two attached hydrogens (primary N) is 2. The number of carbonyl (C=O) groups is 2. The Morgan fingerprint density at radius 2 is 1.67 bits per heavy atom. The molecular formula is C7H12F2N2O4. The van der Waals surface area contributed by atoms with E-state index in [-0.39, 0.29) is 0 Å². The summed E-state index contributed by atoms with van der Waals surface area (Å²) >= 11 is 0. The molecule has 0 rings (SSSR count). The van der Waals surface area contributed by atoms with E-state index in [4.69, 9.17) is 21.7 Å². The summed E-state index contributed by atoms with van der Waals surface area (Å²) in [7, 11) is 0. The number of aliphatic carboxylic acids is 2. The zero-order valence-corrected chi connectivity index (χ0v) is 7.69. The normalized spacial score (nSPS) is 15.7. The van der Waals surface area contributed by atoms with Gasteiger partial charge in [0, 0.05) is 6.42 Å². The van der Waals surface area contributed by atoms with Crippen LogP contribution in [-0.4, -0.2) is 40.2 Å². The molecule has 0 heterocycles. The molecule has 0 bridgehead atoms. The number of carboxylic acid groups (broad SMARTS) is 2. The molecule has 6 N–H and O–H groups in total. The van der Waals surface area contributed by atoms with E-state index < -0.39 is 42.8 Å². The molecule has 0 amide bonds. The van der Waals surface area contributed by atoms with E-state index in [1.807, 2.05) is 0 Å². The fourth-order valence-electron chi connectivity index (χ4n) is 0.808. The van der Waals surface area contributed by atoms with Gasteiger partial charge in [0.2, 0.25) is 0 Å². The molecule has 2 atom stereocenters. The summed E-state index contributed by atoms with van der Waals surface area (Å²) in [4.78, 5) is 20.4. The molecule has 0 radical (unpaired) electrons. The fourth-order valence-corrected chi connectivity index (χ4v) is 0.808. The number of hydrogen-bond donors (Lipinski definition) is 4. The minimum atomic E-state index is -3.67. The fraction of sp³-hybridized carbons (Fsp3) is 0.714. The van der Waals surface area contributed by atoms with Crippen LogP contribution in [0.1, 0.15) is 12.8 Å². The van der Waals surface area contributed by atoms with E-state index in [0.29, 0.717) is 0 Å². The molecule has 0 saturated heterocycles. The lowest BCUT2D eigenvalue weighted by Gasteiger charge is -2.20. The number of rotatable bonds is 6. The van der Waals surface area contributed by atoms with Crippen LogP contribution in [0.5, 0.6) is 0 Å². The summed E-state index contributed by atoms with van der Waals surface area (Å²) in [5.74, 6) is -6.93. The van der Waals surface area contributed by atoms with Crippen LogP contribution in [0.25, 0.3) is 0 Å². The van der Waals surface area contributed by atoms with Gasteiger partial charge < -0.3 is 21.7 Å². The van der Waals surface area contributed by atoms with Gasteiger partial charge in [-0.05, 0) is 6.42 Å². The number of halogens is 2. The van der Waals surface area contributed by atoms with E-state index in [0.717, 1.165) is 0 Å². The Balaban J connectivity index is 4.26. The summed E-state index contributed by atoms with van der Waals surface area (Å²) in [5, 5.41) is 16.5. The van der Waals surface area contributed by atoms with Crippen molar-refractivity contribution >= 4 is 11.9 Å². The lowest BCUT2D eigenvalue weighted by Crippen LogP contribution is -2.48. The van der Waals surface area contributed by atoms with Gasteiger partial charge >= 0.3 is 11.9 Å². The Labute approximate surface area is 83.9 Å². The summed E-state index contributed by atoms with van der Waals surface area (Å²) in [5.41, 5.74) is 9.70. The molecule has 15 heavy (non-hydrogen) atoms. The van der Waals surface area contributed by atoms with Gasteiger partial charge in [0.05, 0.1) is 0 Å². The molecule has 0 saturated carbocycles. The Morgan fingerprint density at radius 1 is 1.20 bits per heavy atom. The molecule has 0 aliphatic heterocycles. The second-order valence-electron chi connectivity index (χ2n) is 3.06. The maximum absolute atomic E-state index is 12.9. The first-order valence-corrected chi connectivity index (χ1v) is 4.03. The third kappa shape index (κ3) is 4.17. The highest BCUT2D eigenvalue weighted by molar-refractivity contribution is 5.74. The molecule has 0 aromatic rings. The zero-order chi connectivity index (χ0) is 12.2. The van der Waals surface area contributed by atoms with E-state index in [2.05, 4.69) is 0 Å². The molecule has 0 spiro atoms. The van der Waals surface area contributed by atoms with Crippen LogP contribution < -0.4 is 11.5 Å². The van der Waals surface area contributed by atoms with Crippen molar-refractivity contribution in [2.75, 3.05) is 0 Å². The average Bonchev–Trinajstić information content (AvgIpc) is 2.12. The molecule has 0 aliphatic rings. The quantitative estimate of drug-likeness (QED) is 0.470. The molecule has 6 nitrogen and oxygen atoms in total. The van der Waals surface area contributed by atoms with Gasteiger partial charge in [0.25, 0.3) is 5.92 Å². The van der Waals surface area contributed by atoms with Crippen LogP contribution in [-0.2, 0) is 9.59 Å². The third-order valence-electron chi connectivity index (χ3n) is 1.83. The predicted molar refractivity (Wildman–Crippen MR) is 45.4 cm³/mol. The number of alkyl halides is 2. The first kappa shape index (κ1) is 13.7. The van der Waals surface area contributed by atoms with E-state index in [1.54, 1.807) is 0 Å². The molecule has 0 aromatic carbocycles. The van der Waals surface area contributed by atoms with Gasteiger partial charge in [0.15, 0.2) is 6.04 Å². The van der Waals surface area contributed by atoms with Crippen LogP contribution in [0.15, 0.2) is 0 Å². The van der Waals surface area contributed by atoms with Crippen molar-refractivity contribution in [2.24, 2.45) is 11.5 Å². The Hall–Kier alpha value is -1.28. The first-order valence-electron chi connectivity index (χ1n) is 4.03. The number of hydrogen-bond acceptors (Lipinski definition) is 4.